The highest BCUT2D eigenvalue weighted by molar-refractivity contribution is 5.94. The highest BCUT2D eigenvalue weighted by atomic mass is 16.1. The largest absolute Gasteiger partial charge is 0.350 e. The summed E-state index contributed by atoms with van der Waals surface area (Å²) in [6.07, 6.45) is 7.09. The van der Waals surface area contributed by atoms with Crippen molar-refractivity contribution in [3.05, 3.63) is 29.6 Å². The van der Waals surface area contributed by atoms with Crippen LogP contribution in [0.5, 0.6) is 0 Å². The molecule has 20 heavy (non-hydrogen) atoms. The number of hydrogen-bond donors (Lipinski definition) is 1. The fraction of sp³-hybridized carbons (Fsp3) is 0.625. The van der Waals surface area contributed by atoms with Gasteiger partial charge in [-0.25, -0.2) is 0 Å². The van der Waals surface area contributed by atoms with Gasteiger partial charge in [0.2, 0.25) is 0 Å². The lowest BCUT2D eigenvalue weighted by Crippen LogP contribution is -2.33. The van der Waals surface area contributed by atoms with Crippen molar-refractivity contribution in [2.75, 3.05) is 20.1 Å². The standard InChI is InChI=1S/C16H25N3O/c1-12(2)18-16(20)15-8-14(9-17-10-15)7-13-5-4-6-19(3)11-13/h8-10,12-13H,4-7,11H2,1-3H3,(H,18,20). The van der Waals surface area contributed by atoms with Crippen molar-refractivity contribution < 1.29 is 4.79 Å². The van der Waals surface area contributed by atoms with Gasteiger partial charge in [0.25, 0.3) is 5.91 Å². The fourth-order valence-corrected chi connectivity index (χ4v) is 2.84. The molecule has 1 aromatic heterocycles. The quantitative estimate of drug-likeness (QED) is 0.915. The molecule has 0 spiro atoms. The molecule has 2 rings (SSSR count). The molecule has 4 nitrogen and oxygen atoms in total. The molecule has 1 N–H and O–H groups in total. The van der Waals surface area contributed by atoms with E-state index in [2.05, 4.69) is 22.2 Å². The fourth-order valence-electron chi connectivity index (χ4n) is 2.84. The van der Waals surface area contributed by atoms with Crippen LogP contribution in [0.2, 0.25) is 0 Å². The zero-order valence-electron chi connectivity index (χ0n) is 12.7. The Bertz CT molecular complexity index is 459. The Balaban J connectivity index is 2.00. The molecule has 1 fully saturated rings. The van der Waals surface area contributed by atoms with Crippen LogP contribution in [-0.2, 0) is 6.42 Å². The zero-order chi connectivity index (χ0) is 14.5. The van der Waals surface area contributed by atoms with Crippen LogP contribution in [0.25, 0.3) is 0 Å². The van der Waals surface area contributed by atoms with Gasteiger partial charge < -0.3 is 10.2 Å². The number of rotatable bonds is 4. The maximum absolute atomic E-state index is 12.0. The van der Waals surface area contributed by atoms with Crippen LogP contribution in [0.4, 0.5) is 0 Å². The summed E-state index contributed by atoms with van der Waals surface area (Å²) in [5, 5.41) is 2.91. The second-order valence-corrected chi connectivity index (χ2v) is 6.18. The molecule has 1 saturated heterocycles. The number of carbonyl (C=O) groups is 1. The summed E-state index contributed by atoms with van der Waals surface area (Å²) in [5.41, 5.74) is 1.84. The molecule has 0 bridgehead atoms. The van der Waals surface area contributed by atoms with Crippen molar-refractivity contribution >= 4 is 5.91 Å². The van der Waals surface area contributed by atoms with Gasteiger partial charge in [0.15, 0.2) is 0 Å². The van der Waals surface area contributed by atoms with Crippen molar-refractivity contribution in [2.45, 2.75) is 39.2 Å². The first kappa shape index (κ1) is 15.0. The minimum absolute atomic E-state index is 0.0323. The molecule has 0 saturated carbocycles. The number of nitrogens with one attached hydrogen (secondary N) is 1. The predicted molar refractivity (Wildman–Crippen MR) is 80.8 cm³/mol. The van der Waals surface area contributed by atoms with Crippen molar-refractivity contribution in [2.24, 2.45) is 5.92 Å². The Labute approximate surface area is 121 Å². The number of likely N-dealkylation sites (tertiary alicyclic amines) is 1. The molecular formula is C16H25N3O. The number of piperidine rings is 1. The van der Waals surface area contributed by atoms with Gasteiger partial charge in [-0.15, -0.1) is 0 Å². The van der Waals surface area contributed by atoms with Crippen LogP contribution in [0.15, 0.2) is 18.5 Å². The van der Waals surface area contributed by atoms with Gasteiger partial charge in [0.05, 0.1) is 5.56 Å². The minimum Gasteiger partial charge on any atom is -0.350 e. The van der Waals surface area contributed by atoms with Gasteiger partial charge in [-0.3, -0.25) is 9.78 Å². The van der Waals surface area contributed by atoms with Gasteiger partial charge in [-0.2, -0.15) is 0 Å². The molecule has 2 heterocycles. The van der Waals surface area contributed by atoms with E-state index < -0.39 is 0 Å². The third-order valence-corrected chi connectivity index (χ3v) is 3.72. The second kappa shape index (κ2) is 6.84. The number of hydrogen-bond acceptors (Lipinski definition) is 3. The van der Waals surface area contributed by atoms with Gasteiger partial charge in [0, 0.05) is 25.0 Å². The normalized spacial score (nSPS) is 20.1. The summed E-state index contributed by atoms with van der Waals surface area (Å²) in [6, 6.07) is 2.14. The summed E-state index contributed by atoms with van der Waals surface area (Å²) >= 11 is 0. The lowest BCUT2D eigenvalue weighted by molar-refractivity contribution is 0.0942. The zero-order valence-corrected chi connectivity index (χ0v) is 12.7. The Hall–Kier alpha value is -1.42. The topological polar surface area (TPSA) is 45.2 Å². The molecule has 1 atom stereocenters. The highest BCUT2D eigenvalue weighted by Gasteiger charge is 2.18. The number of carbonyl (C=O) groups excluding carboxylic acids is 1. The van der Waals surface area contributed by atoms with E-state index in [-0.39, 0.29) is 11.9 Å². The number of nitrogens with zero attached hydrogens (tertiary/aromatic N) is 2. The second-order valence-electron chi connectivity index (χ2n) is 6.18. The first-order valence-electron chi connectivity index (χ1n) is 7.48. The van der Waals surface area contributed by atoms with Crippen LogP contribution in [0.3, 0.4) is 0 Å². The van der Waals surface area contributed by atoms with E-state index in [1.165, 1.54) is 24.9 Å². The van der Waals surface area contributed by atoms with E-state index >= 15 is 0 Å². The Morgan fingerprint density at radius 3 is 3.00 bits per heavy atom. The smallest absolute Gasteiger partial charge is 0.253 e. The van der Waals surface area contributed by atoms with Crippen molar-refractivity contribution in [1.29, 1.82) is 0 Å². The maximum atomic E-state index is 12.0. The summed E-state index contributed by atoms with van der Waals surface area (Å²) in [6.45, 7) is 6.27. The van der Waals surface area contributed by atoms with E-state index in [9.17, 15) is 4.79 Å². The molecule has 1 aliphatic heterocycles. The van der Waals surface area contributed by atoms with E-state index in [1.54, 1.807) is 6.20 Å². The molecule has 4 heteroatoms. The third kappa shape index (κ3) is 4.30. The van der Waals surface area contributed by atoms with Crippen LogP contribution in [-0.4, -0.2) is 42.0 Å². The molecule has 1 aliphatic rings. The van der Waals surface area contributed by atoms with E-state index in [0.29, 0.717) is 11.5 Å². The molecule has 0 aromatic carbocycles. The molecule has 0 radical (unpaired) electrons. The van der Waals surface area contributed by atoms with E-state index in [0.717, 1.165) is 13.0 Å². The number of aromatic nitrogens is 1. The van der Waals surface area contributed by atoms with Crippen molar-refractivity contribution in [3.8, 4) is 0 Å². The number of pyridine rings is 1. The number of amides is 1. The van der Waals surface area contributed by atoms with Gasteiger partial charge in [0.1, 0.15) is 0 Å². The Morgan fingerprint density at radius 2 is 2.30 bits per heavy atom. The monoisotopic (exact) mass is 275 g/mol. The molecule has 1 unspecified atom stereocenters. The van der Waals surface area contributed by atoms with Crippen molar-refractivity contribution in [3.63, 3.8) is 0 Å². The van der Waals surface area contributed by atoms with Crippen LogP contribution < -0.4 is 5.32 Å². The molecule has 0 aliphatic carbocycles. The summed E-state index contributed by atoms with van der Waals surface area (Å²) in [7, 11) is 2.18. The van der Waals surface area contributed by atoms with Crippen LogP contribution in [0.1, 0.15) is 42.6 Å². The van der Waals surface area contributed by atoms with E-state index in [1.807, 2.05) is 26.1 Å². The van der Waals surface area contributed by atoms with Crippen LogP contribution in [0, 0.1) is 5.92 Å². The third-order valence-electron chi connectivity index (χ3n) is 3.72. The molecule has 110 valence electrons. The van der Waals surface area contributed by atoms with Gasteiger partial charge in [-0.05, 0) is 64.3 Å². The lowest BCUT2D eigenvalue weighted by atomic mass is 9.92. The highest BCUT2D eigenvalue weighted by Crippen LogP contribution is 2.20. The molecule has 1 amide bonds. The average Bonchev–Trinajstić information content (AvgIpc) is 2.38. The Morgan fingerprint density at radius 1 is 1.50 bits per heavy atom. The predicted octanol–water partition coefficient (Wildman–Crippen LogP) is 2.10. The van der Waals surface area contributed by atoms with Crippen molar-refractivity contribution in [1.82, 2.24) is 15.2 Å². The van der Waals surface area contributed by atoms with E-state index in [4.69, 9.17) is 0 Å². The van der Waals surface area contributed by atoms with Gasteiger partial charge >= 0.3 is 0 Å². The molecule has 1 aromatic rings. The van der Waals surface area contributed by atoms with Gasteiger partial charge in [-0.1, -0.05) is 0 Å². The average molecular weight is 275 g/mol. The first-order valence-corrected chi connectivity index (χ1v) is 7.48. The summed E-state index contributed by atoms with van der Waals surface area (Å²) in [5.74, 6) is 0.647. The lowest BCUT2D eigenvalue weighted by Gasteiger charge is -2.29. The SMILES string of the molecule is CC(C)NC(=O)c1cncc(CC2CCCN(C)C2)c1. The molecular weight excluding hydrogens is 250 g/mol. The Kier molecular flexibility index (Phi) is 5.12. The maximum Gasteiger partial charge on any atom is 0.253 e. The summed E-state index contributed by atoms with van der Waals surface area (Å²) in [4.78, 5) is 18.6. The minimum atomic E-state index is -0.0323. The van der Waals surface area contributed by atoms with Crippen LogP contribution >= 0.6 is 0 Å². The summed E-state index contributed by atoms with van der Waals surface area (Å²) < 4.78 is 0. The first-order chi connectivity index (χ1) is 9.54.